The summed E-state index contributed by atoms with van der Waals surface area (Å²) in [5.41, 5.74) is 1.96. The Bertz CT molecular complexity index is 574. The number of rotatable bonds is 5. The molecule has 2 aromatic rings. The van der Waals surface area contributed by atoms with E-state index in [9.17, 15) is 0 Å². The third-order valence-electron chi connectivity index (χ3n) is 4.11. The number of halogens is 1. The lowest BCUT2D eigenvalue weighted by molar-refractivity contribution is 0.235. The SMILES string of the molecule is CC(Cn1c(CCCl)nc2cccnc21)N1CCCC1. The highest BCUT2D eigenvalue weighted by atomic mass is 35.5. The number of nitrogens with zero attached hydrogens (tertiary/aromatic N) is 4. The van der Waals surface area contributed by atoms with Gasteiger partial charge in [-0.25, -0.2) is 9.97 Å². The number of imidazole rings is 1. The van der Waals surface area contributed by atoms with E-state index in [0.717, 1.165) is 30.0 Å². The van der Waals surface area contributed by atoms with Crippen molar-refractivity contribution in [1.82, 2.24) is 19.4 Å². The fraction of sp³-hybridized carbons (Fsp3) is 0.600. The van der Waals surface area contributed by atoms with Crippen LogP contribution in [0.2, 0.25) is 0 Å². The third-order valence-corrected chi connectivity index (χ3v) is 4.30. The first-order valence-corrected chi connectivity index (χ1v) is 7.93. The van der Waals surface area contributed by atoms with Crippen molar-refractivity contribution in [2.24, 2.45) is 0 Å². The summed E-state index contributed by atoms with van der Waals surface area (Å²) in [6.07, 6.45) is 5.28. The molecule has 0 bridgehead atoms. The summed E-state index contributed by atoms with van der Waals surface area (Å²) in [7, 11) is 0. The summed E-state index contributed by atoms with van der Waals surface area (Å²) in [4.78, 5) is 11.7. The first kappa shape index (κ1) is 13.8. The van der Waals surface area contributed by atoms with Gasteiger partial charge in [0.15, 0.2) is 5.65 Å². The van der Waals surface area contributed by atoms with Gasteiger partial charge in [0.05, 0.1) is 0 Å². The molecule has 0 aliphatic carbocycles. The van der Waals surface area contributed by atoms with Crippen LogP contribution in [0.5, 0.6) is 0 Å². The smallest absolute Gasteiger partial charge is 0.160 e. The molecule has 0 aromatic carbocycles. The minimum absolute atomic E-state index is 0.519. The molecule has 4 nitrogen and oxygen atoms in total. The Morgan fingerprint density at radius 2 is 2.15 bits per heavy atom. The molecule has 1 unspecified atom stereocenters. The van der Waals surface area contributed by atoms with Crippen LogP contribution in [0.15, 0.2) is 18.3 Å². The maximum Gasteiger partial charge on any atom is 0.160 e. The predicted octanol–water partition coefficient (Wildman–Crippen LogP) is 2.70. The van der Waals surface area contributed by atoms with Crippen LogP contribution in [0.4, 0.5) is 0 Å². The highest BCUT2D eigenvalue weighted by molar-refractivity contribution is 6.17. The molecular weight excluding hydrogens is 272 g/mol. The molecule has 1 fully saturated rings. The summed E-state index contributed by atoms with van der Waals surface area (Å²) < 4.78 is 2.25. The molecular formula is C15H21ClN4. The van der Waals surface area contributed by atoms with Crippen molar-refractivity contribution < 1.29 is 0 Å². The normalized spacial score (nSPS) is 17.9. The van der Waals surface area contributed by atoms with Gasteiger partial charge in [-0.3, -0.25) is 4.90 Å². The van der Waals surface area contributed by atoms with Crippen molar-refractivity contribution in [2.45, 2.75) is 38.8 Å². The predicted molar refractivity (Wildman–Crippen MR) is 82.2 cm³/mol. The third kappa shape index (κ3) is 2.67. The topological polar surface area (TPSA) is 34.0 Å². The van der Waals surface area contributed by atoms with Crippen LogP contribution in [0.1, 0.15) is 25.6 Å². The van der Waals surface area contributed by atoms with Gasteiger partial charge in [0.25, 0.3) is 0 Å². The van der Waals surface area contributed by atoms with E-state index in [4.69, 9.17) is 11.6 Å². The van der Waals surface area contributed by atoms with Crippen LogP contribution in [0.3, 0.4) is 0 Å². The molecule has 1 saturated heterocycles. The highest BCUT2D eigenvalue weighted by Crippen LogP contribution is 2.18. The molecule has 0 radical (unpaired) electrons. The van der Waals surface area contributed by atoms with Crippen LogP contribution >= 0.6 is 11.6 Å². The summed E-state index contributed by atoms with van der Waals surface area (Å²) in [5.74, 6) is 1.65. The largest absolute Gasteiger partial charge is 0.311 e. The van der Waals surface area contributed by atoms with Crippen molar-refractivity contribution in [3.63, 3.8) is 0 Å². The zero-order chi connectivity index (χ0) is 13.9. The van der Waals surface area contributed by atoms with Gasteiger partial charge in [0.1, 0.15) is 11.3 Å². The van der Waals surface area contributed by atoms with Gasteiger partial charge in [-0.2, -0.15) is 0 Å². The lowest BCUT2D eigenvalue weighted by Crippen LogP contribution is -2.34. The van der Waals surface area contributed by atoms with Crippen LogP contribution in [-0.2, 0) is 13.0 Å². The number of fused-ring (bicyclic) bond motifs is 1. The minimum Gasteiger partial charge on any atom is -0.311 e. The maximum absolute atomic E-state index is 5.92. The Labute approximate surface area is 124 Å². The molecule has 108 valence electrons. The van der Waals surface area contributed by atoms with Gasteiger partial charge in [0, 0.05) is 31.1 Å². The fourth-order valence-electron chi connectivity index (χ4n) is 3.03. The second kappa shape index (κ2) is 6.10. The van der Waals surface area contributed by atoms with Gasteiger partial charge in [-0.1, -0.05) is 0 Å². The second-order valence-electron chi connectivity index (χ2n) is 5.52. The average molecular weight is 293 g/mol. The average Bonchev–Trinajstić information content (AvgIpc) is 3.08. The molecule has 2 aromatic heterocycles. The summed E-state index contributed by atoms with van der Waals surface area (Å²) in [5, 5.41) is 0. The summed E-state index contributed by atoms with van der Waals surface area (Å²) >= 11 is 5.92. The molecule has 0 amide bonds. The molecule has 0 saturated carbocycles. The van der Waals surface area contributed by atoms with E-state index in [1.807, 2.05) is 18.3 Å². The molecule has 1 aliphatic rings. The Morgan fingerprint density at radius 3 is 2.90 bits per heavy atom. The standard InChI is InChI=1S/C15H21ClN4/c1-12(19-9-2-3-10-19)11-20-14(6-7-16)18-13-5-4-8-17-15(13)20/h4-5,8,12H,2-3,6-7,9-11H2,1H3. The van der Waals surface area contributed by atoms with Gasteiger partial charge in [-0.05, 0) is 45.0 Å². The molecule has 0 N–H and O–H groups in total. The van der Waals surface area contributed by atoms with Crippen LogP contribution in [0, 0.1) is 0 Å². The van der Waals surface area contributed by atoms with Gasteiger partial charge >= 0.3 is 0 Å². The maximum atomic E-state index is 5.92. The number of aryl methyl sites for hydroxylation is 1. The van der Waals surface area contributed by atoms with E-state index in [2.05, 4.69) is 26.4 Å². The van der Waals surface area contributed by atoms with Gasteiger partial charge < -0.3 is 4.57 Å². The highest BCUT2D eigenvalue weighted by Gasteiger charge is 2.20. The van der Waals surface area contributed by atoms with Crippen molar-refractivity contribution in [3.05, 3.63) is 24.2 Å². The van der Waals surface area contributed by atoms with E-state index >= 15 is 0 Å². The van der Waals surface area contributed by atoms with Crippen LogP contribution in [0.25, 0.3) is 11.2 Å². The number of hydrogen-bond donors (Lipinski definition) is 0. The molecule has 5 heteroatoms. The fourth-order valence-corrected chi connectivity index (χ4v) is 3.20. The van der Waals surface area contributed by atoms with Crippen LogP contribution < -0.4 is 0 Å². The van der Waals surface area contributed by atoms with E-state index in [1.165, 1.54) is 25.9 Å². The quantitative estimate of drug-likeness (QED) is 0.795. The molecule has 20 heavy (non-hydrogen) atoms. The second-order valence-corrected chi connectivity index (χ2v) is 5.89. The minimum atomic E-state index is 0.519. The first-order valence-electron chi connectivity index (χ1n) is 7.39. The summed E-state index contributed by atoms with van der Waals surface area (Å²) in [6, 6.07) is 4.48. The monoisotopic (exact) mass is 292 g/mol. The number of hydrogen-bond acceptors (Lipinski definition) is 3. The van der Waals surface area contributed by atoms with Crippen molar-refractivity contribution >= 4 is 22.8 Å². The van der Waals surface area contributed by atoms with E-state index in [1.54, 1.807) is 0 Å². The van der Waals surface area contributed by atoms with E-state index < -0.39 is 0 Å². The number of pyridine rings is 1. The van der Waals surface area contributed by atoms with Crippen molar-refractivity contribution in [2.75, 3.05) is 19.0 Å². The molecule has 3 rings (SSSR count). The molecule has 1 atom stereocenters. The molecule has 0 spiro atoms. The van der Waals surface area contributed by atoms with E-state index in [0.29, 0.717) is 11.9 Å². The zero-order valence-electron chi connectivity index (χ0n) is 11.9. The van der Waals surface area contributed by atoms with Crippen molar-refractivity contribution in [3.8, 4) is 0 Å². The Kier molecular flexibility index (Phi) is 4.22. The van der Waals surface area contributed by atoms with Crippen molar-refractivity contribution in [1.29, 1.82) is 0 Å². The van der Waals surface area contributed by atoms with Gasteiger partial charge in [0.2, 0.25) is 0 Å². The number of aromatic nitrogens is 3. The lowest BCUT2D eigenvalue weighted by Gasteiger charge is -2.24. The summed E-state index contributed by atoms with van der Waals surface area (Å²) in [6.45, 7) is 5.67. The Balaban J connectivity index is 1.89. The first-order chi connectivity index (χ1) is 9.79. The number of likely N-dealkylation sites (tertiary alicyclic amines) is 1. The van der Waals surface area contributed by atoms with Gasteiger partial charge in [-0.15, -0.1) is 11.6 Å². The lowest BCUT2D eigenvalue weighted by atomic mass is 10.3. The molecule has 3 heterocycles. The zero-order valence-corrected chi connectivity index (χ0v) is 12.7. The Morgan fingerprint density at radius 1 is 1.35 bits per heavy atom. The Hall–Kier alpha value is -1.13. The number of alkyl halides is 1. The van der Waals surface area contributed by atoms with E-state index in [-0.39, 0.29) is 0 Å². The molecule has 1 aliphatic heterocycles. The van der Waals surface area contributed by atoms with Crippen LogP contribution in [-0.4, -0.2) is 44.4 Å².